The Morgan fingerprint density at radius 1 is 1.52 bits per heavy atom. The number of halogens is 1. The molecular weight excluding hydrogens is 313 g/mol. The van der Waals surface area contributed by atoms with Gasteiger partial charge in [0.15, 0.2) is 9.84 Å². The summed E-state index contributed by atoms with van der Waals surface area (Å²) in [5.41, 5.74) is 0.777. The normalized spacial score (nSPS) is 21.3. The average molecular weight is 333 g/mol. The van der Waals surface area contributed by atoms with Crippen LogP contribution in [0.3, 0.4) is 0 Å². The van der Waals surface area contributed by atoms with Crippen molar-refractivity contribution in [2.45, 2.75) is 25.3 Å². The van der Waals surface area contributed by atoms with Crippen LogP contribution in [0.4, 0.5) is 10.1 Å². The minimum absolute atomic E-state index is 0.0438. The van der Waals surface area contributed by atoms with E-state index in [0.717, 1.165) is 5.75 Å². The molecule has 2 rings (SSSR count). The maximum absolute atomic E-state index is 14.3. The molecule has 4 nitrogen and oxygen atoms in total. The van der Waals surface area contributed by atoms with E-state index in [1.807, 2.05) is 0 Å². The van der Waals surface area contributed by atoms with E-state index in [0.29, 0.717) is 23.5 Å². The molecule has 1 saturated heterocycles. The van der Waals surface area contributed by atoms with Crippen LogP contribution < -0.4 is 4.90 Å². The number of aliphatic hydroxyl groups excluding tert-OH is 1. The highest BCUT2D eigenvalue weighted by Crippen LogP contribution is 2.30. The molecule has 1 aliphatic rings. The summed E-state index contributed by atoms with van der Waals surface area (Å²) in [5.74, 6) is 0.778. The Balaban J connectivity index is 2.38. The lowest BCUT2D eigenvalue weighted by Crippen LogP contribution is -2.48. The van der Waals surface area contributed by atoms with Crippen molar-refractivity contribution in [3.05, 3.63) is 29.6 Å². The molecule has 7 heteroatoms. The third kappa shape index (κ3) is 3.52. The molecule has 1 aliphatic heterocycles. The van der Waals surface area contributed by atoms with Crippen molar-refractivity contribution in [1.29, 1.82) is 0 Å². The minimum atomic E-state index is -3.27. The molecule has 1 aromatic rings. The van der Waals surface area contributed by atoms with Crippen LogP contribution in [0.1, 0.15) is 25.5 Å². The van der Waals surface area contributed by atoms with Gasteiger partial charge in [0.1, 0.15) is 11.2 Å². The lowest BCUT2D eigenvalue weighted by atomic mass is 10.1. The summed E-state index contributed by atoms with van der Waals surface area (Å²) in [6, 6.07) is 4.48. The van der Waals surface area contributed by atoms with Gasteiger partial charge in [-0.2, -0.15) is 11.8 Å². The summed E-state index contributed by atoms with van der Waals surface area (Å²) in [7, 11) is -3.27. The van der Waals surface area contributed by atoms with Gasteiger partial charge in [-0.25, -0.2) is 12.8 Å². The van der Waals surface area contributed by atoms with Gasteiger partial charge < -0.3 is 10.0 Å². The Labute approximate surface area is 129 Å². The van der Waals surface area contributed by atoms with E-state index in [9.17, 15) is 17.9 Å². The minimum Gasteiger partial charge on any atom is -0.389 e. The highest BCUT2D eigenvalue weighted by molar-refractivity contribution is 8.01. The second-order valence-electron chi connectivity index (χ2n) is 5.06. The molecule has 1 N–H and O–H groups in total. The first-order chi connectivity index (χ1) is 9.86. The molecule has 0 aliphatic carbocycles. The maximum atomic E-state index is 14.3. The predicted molar refractivity (Wildman–Crippen MR) is 85.0 cm³/mol. The third-order valence-corrected chi connectivity index (χ3v) is 6.95. The zero-order valence-electron chi connectivity index (χ0n) is 12.1. The third-order valence-electron chi connectivity index (χ3n) is 3.67. The number of hydrogen-bond donors (Lipinski definition) is 1. The molecule has 0 saturated carbocycles. The standard InChI is InChI=1S/C14H20FNO3S2/c1-3-21(18,19)14-9-20-7-6-16(14)13-5-4-11(10(2)17)8-12(13)15/h4-5,8,10,14,17H,3,6-7,9H2,1-2H3. The topological polar surface area (TPSA) is 57.6 Å². The lowest BCUT2D eigenvalue weighted by Gasteiger charge is -2.36. The van der Waals surface area contributed by atoms with Gasteiger partial charge in [-0.3, -0.25) is 0 Å². The van der Waals surface area contributed by atoms with E-state index >= 15 is 0 Å². The first-order valence-corrected chi connectivity index (χ1v) is 9.77. The molecule has 0 radical (unpaired) electrons. The lowest BCUT2D eigenvalue weighted by molar-refractivity contribution is 0.199. The van der Waals surface area contributed by atoms with Crippen molar-refractivity contribution >= 4 is 27.3 Å². The molecular formula is C14H20FNO3S2. The maximum Gasteiger partial charge on any atom is 0.171 e. The SMILES string of the molecule is CCS(=O)(=O)C1CSCCN1c1ccc(C(C)O)cc1F. The predicted octanol–water partition coefficient (Wildman–Crippen LogP) is 2.19. The van der Waals surface area contributed by atoms with Gasteiger partial charge in [-0.05, 0) is 24.6 Å². The summed E-state index contributed by atoms with van der Waals surface area (Å²) < 4.78 is 38.7. The van der Waals surface area contributed by atoms with Crippen LogP contribution in [0, 0.1) is 5.82 Å². The number of anilines is 1. The zero-order chi connectivity index (χ0) is 15.6. The first kappa shape index (κ1) is 16.6. The average Bonchev–Trinajstić information content (AvgIpc) is 2.47. The highest BCUT2D eigenvalue weighted by atomic mass is 32.2. The van der Waals surface area contributed by atoms with Crippen molar-refractivity contribution in [2.75, 3.05) is 28.7 Å². The Morgan fingerprint density at radius 2 is 2.24 bits per heavy atom. The highest BCUT2D eigenvalue weighted by Gasteiger charge is 2.34. The van der Waals surface area contributed by atoms with Crippen LogP contribution in [-0.2, 0) is 9.84 Å². The van der Waals surface area contributed by atoms with Crippen molar-refractivity contribution < 1.29 is 17.9 Å². The summed E-state index contributed by atoms with van der Waals surface area (Å²) in [6.07, 6.45) is -0.749. The molecule has 1 aromatic carbocycles. The Kier molecular flexibility index (Phi) is 5.16. The van der Waals surface area contributed by atoms with Crippen molar-refractivity contribution in [3.63, 3.8) is 0 Å². The van der Waals surface area contributed by atoms with E-state index in [4.69, 9.17) is 0 Å². The molecule has 21 heavy (non-hydrogen) atoms. The fraction of sp³-hybridized carbons (Fsp3) is 0.571. The quantitative estimate of drug-likeness (QED) is 0.915. The molecule has 0 amide bonds. The van der Waals surface area contributed by atoms with Crippen LogP contribution in [0.25, 0.3) is 0 Å². The largest absolute Gasteiger partial charge is 0.389 e. The zero-order valence-corrected chi connectivity index (χ0v) is 13.8. The number of rotatable bonds is 4. The second kappa shape index (κ2) is 6.54. The molecule has 118 valence electrons. The van der Waals surface area contributed by atoms with Gasteiger partial charge in [0.2, 0.25) is 0 Å². The van der Waals surface area contributed by atoms with Gasteiger partial charge in [0.05, 0.1) is 11.8 Å². The van der Waals surface area contributed by atoms with Gasteiger partial charge in [-0.15, -0.1) is 0 Å². The summed E-state index contributed by atoms with van der Waals surface area (Å²) in [5, 5.41) is 8.80. The van der Waals surface area contributed by atoms with Gasteiger partial charge >= 0.3 is 0 Å². The Morgan fingerprint density at radius 3 is 2.81 bits per heavy atom. The van der Waals surface area contributed by atoms with Crippen LogP contribution in [0.15, 0.2) is 18.2 Å². The van der Waals surface area contributed by atoms with Crippen LogP contribution >= 0.6 is 11.8 Å². The van der Waals surface area contributed by atoms with E-state index in [1.165, 1.54) is 6.07 Å². The van der Waals surface area contributed by atoms with Crippen LogP contribution in [-0.4, -0.2) is 42.7 Å². The molecule has 0 aromatic heterocycles. The molecule has 1 fully saturated rings. The summed E-state index contributed by atoms with van der Waals surface area (Å²) >= 11 is 1.57. The smallest absolute Gasteiger partial charge is 0.171 e. The number of aliphatic hydroxyl groups is 1. The molecule has 2 atom stereocenters. The second-order valence-corrected chi connectivity index (χ2v) is 8.66. The molecule has 0 spiro atoms. The summed E-state index contributed by atoms with van der Waals surface area (Å²) in [6.45, 7) is 3.68. The van der Waals surface area contributed by atoms with Crippen molar-refractivity contribution in [3.8, 4) is 0 Å². The molecule has 2 unspecified atom stereocenters. The van der Waals surface area contributed by atoms with Crippen molar-refractivity contribution in [2.24, 2.45) is 0 Å². The van der Waals surface area contributed by atoms with Gasteiger partial charge in [-0.1, -0.05) is 13.0 Å². The summed E-state index contributed by atoms with van der Waals surface area (Å²) in [4.78, 5) is 1.64. The van der Waals surface area contributed by atoms with Crippen molar-refractivity contribution in [1.82, 2.24) is 0 Å². The Bertz CT molecular complexity index is 604. The number of nitrogens with zero attached hydrogens (tertiary/aromatic N) is 1. The van der Waals surface area contributed by atoms with Gasteiger partial charge in [0.25, 0.3) is 0 Å². The Hall–Kier alpha value is -0.790. The number of hydrogen-bond acceptors (Lipinski definition) is 5. The van der Waals surface area contributed by atoms with Crippen LogP contribution in [0.2, 0.25) is 0 Å². The number of sulfone groups is 1. The van der Waals surface area contributed by atoms with Gasteiger partial charge in [0, 0.05) is 23.8 Å². The number of thioether (sulfide) groups is 1. The number of benzene rings is 1. The molecule has 0 bridgehead atoms. The fourth-order valence-electron chi connectivity index (χ4n) is 2.36. The van der Waals surface area contributed by atoms with E-state index in [2.05, 4.69) is 0 Å². The van der Waals surface area contributed by atoms with E-state index in [1.54, 1.807) is 42.6 Å². The van der Waals surface area contributed by atoms with E-state index < -0.39 is 27.1 Å². The van der Waals surface area contributed by atoms with Crippen LogP contribution in [0.5, 0.6) is 0 Å². The fourth-order valence-corrected chi connectivity index (χ4v) is 5.35. The van der Waals surface area contributed by atoms with E-state index in [-0.39, 0.29) is 5.75 Å². The first-order valence-electron chi connectivity index (χ1n) is 6.90. The monoisotopic (exact) mass is 333 g/mol. The molecule has 1 heterocycles.